The first-order valence-corrected chi connectivity index (χ1v) is 8.17. The third kappa shape index (κ3) is 3.10. The third-order valence-corrected chi connectivity index (χ3v) is 4.67. The van der Waals surface area contributed by atoms with Gasteiger partial charge in [0, 0.05) is 5.38 Å². The lowest BCUT2D eigenvalue weighted by Gasteiger charge is -2.19. The van der Waals surface area contributed by atoms with E-state index < -0.39 is 0 Å². The van der Waals surface area contributed by atoms with Crippen molar-refractivity contribution in [1.82, 2.24) is 10.3 Å². The fourth-order valence-corrected chi connectivity index (χ4v) is 3.39. The zero-order valence-corrected chi connectivity index (χ0v) is 13.8. The number of aryl methyl sites for hydroxylation is 1. The van der Waals surface area contributed by atoms with Gasteiger partial charge in [-0.25, -0.2) is 4.98 Å². The molecule has 3 heteroatoms. The van der Waals surface area contributed by atoms with Gasteiger partial charge in [-0.15, -0.1) is 11.3 Å². The molecule has 0 aliphatic rings. The van der Waals surface area contributed by atoms with Crippen LogP contribution in [0.1, 0.15) is 60.1 Å². The Labute approximate surface area is 126 Å². The van der Waals surface area contributed by atoms with Gasteiger partial charge in [0.05, 0.1) is 11.7 Å². The van der Waals surface area contributed by atoms with Crippen molar-refractivity contribution in [3.8, 4) is 0 Å². The van der Waals surface area contributed by atoms with Crippen molar-refractivity contribution in [3.63, 3.8) is 0 Å². The standard InChI is InChI=1S/C17H24N2S/c1-6-18-16(14-9-7-8-12(4)13(14)5)17-19-15(10-20-17)11(2)3/h7-11,16,18H,6H2,1-5H3. The molecule has 1 atom stereocenters. The van der Waals surface area contributed by atoms with E-state index in [1.165, 1.54) is 27.4 Å². The maximum absolute atomic E-state index is 4.83. The van der Waals surface area contributed by atoms with Crippen LogP contribution in [0.4, 0.5) is 0 Å². The fraction of sp³-hybridized carbons (Fsp3) is 0.471. The summed E-state index contributed by atoms with van der Waals surface area (Å²) in [5.41, 5.74) is 5.24. The Hall–Kier alpha value is -1.19. The predicted molar refractivity (Wildman–Crippen MR) is 87.6 cm³/mol. The van der Waals surface area contributed by atoms with Crippen molar-refractivity contribution in [2.45, 2.75) is 46.6 Å². The minimum Gasteiger partial charge on any atom is -0.305 e. The highest BCUT2D eigenvalue weighted by Gasteiger charge is 2.19. The first-order chi connectivity index (χ1) is 9.54. The Bertz CT molecular complexity index is 572. The molecular formula is C17H24N2S. The van der Waals surface area contributed by atoms with Crippen LogP contribution >= 0.6 is 11.3 Å². The van der Waals surface area contributed by atoms with Gasteiger partial charge in [0.25, 0.3) is 0 Å². The zero-order chi connectivity index (χ0) is 14.7. The topological polar surface area (TPSA) is 24.9 Å². The summed E-state index contributed by atoms with van der Waals surface area (Å²) in [6.45, 7) is 11.8. The molecule has 0 bridgehead atoms. The highest BCUT2D eigenvalue weighted by atomic mass is 32.1. The zero-order valence-electron chi connectivity index (χ0n) is 13.0. The molecule has 1 unspecified atom stereocenters. The second-order valence-corrected chi connectivity index (χ2v) is 6.43. The van der Waals surface area contributed by atoms with E-state index in [2.05, 4.69) is 63.5 Å². The van der Waals surface area contributed by atoms with Crippen LogP contribution in [-0.2, 0) is 0 Å². The Balaban J connectivity index is 2.42. The minimum absolute atomic E-state index is 0.206. The highest BCUT2D eigenvalue weighted by Crippen LogP contribution is 2.30. The van der Waals surface area contributed by atoms with Crippen molar-refractivity contribution in [1.29, 1.82) is 0 Å². The molecule has 20 heavy (non-hydrogen) atoms. The van der Waals surface area contributed by atoms with Gasteiger partial charge >= 0.3 is 0 Å². The maximum Gasteiger partial charge on any atom is 0.114 e. The molecule has 1 heterocycles. The second kappa shape index (κ2) is 6.51. The Morgan fingerprint density at radius 1 is 1.25 bits per heavy atom. The number of nitrogens with zero attached hydrogens (tertiary/aromatic N) is 1. The van der Waals surface area contributed by atoms with Crippen LogP contribution < -0.4 is 5.32 Å². The first-order valence-electron chi connectivity index (χ1n) is 7.29. The largest absolute Gasteiger partial charge is 0.305 e. The summed E-state index contributed by atoms with van der Waals surface area (Å²) in [6, 6.07) is 6.73. The lowest BCUT2D eigenvalue weighted by Crippen LogP contribution is -2.23. The summed E-state index contributed by atoms with van der Waals surface area (Å²) >= 11 is 1.76. The average molecular weight is 288 g/mol. The van der Waals surface area contributed by atoms with Gasteiger partial charge in [0.15, 0.2) is 0 Å². The number of hydrogen-bond acceptors (Lipinski definition) is 3. The molecule has 0 aliphatic heterocycles. The number of rotatable bonds is 5. The second-order valence-electron chi connectivity index (χ2n) is 5.55. The van der Waals surface area contributed by atoms with Crippen LogP contribution in [0.25, 0.3) is 0 Å². The number of thiazole rings is 1. The normalized spacial score (nSPS) is 12.9. The average Bonchev–Trinajstić information content (AvgIpc) is 2.89. The summed E-state index contributed by atoms with van der Waals surface area (Å²) in [7, 11) is 0. The molecule has 0 spiro atoms. The molecule has 0 radical (unpaired) electrons. The molecule has 0 aliphatic carbocycles. The SMILES string of the molecule is CCNC(c1nc(C(C)C)cs1)c1cccc(C)c1C. The Kier molecular flexibility index (Phi) is 4.95. The van der Waals surface area contributed by atoms with Gasteiger partial charge in [-0.1, -0.05) is 39.0 Å². The highest BCUT2D eigenvalue weighted by molar-refractivity contribution is 7.09. The molecule has 0 amide bonds. The van der Waals surface area contributed by atoms with Gasteiger partial charge in [-0.3, -0.25) is 0 Å². The molecule has 1 N–H and O–H groups in total. The number of nitrogens with one attached hydrogen (secondary N) is 1. The van der Waals surface area contributed by atoms with Crippen molar-refractivity contribution >= 4 is 11.3 Å². The molecule has 1 aromatic heterocycles. The molecular weight excluding hydrogens is 264 g/mol. The van der Waals surface area contributed by atoms with E-state index in [0.29, 0.717) is 5.92 Å². The summed E-state index contributed by atoms with van der Waals surface area (Å²) in [5, 5.41) is 6.94. The van der Waals surface area contributed by atoms with E-state index in [4.69, 9.17) is 4.98 Å². The minimum atomic E-state index is 0.206. The van der Waals surface area contributed by atoms with Crippen molar-refractivity contribution in [2.24, 2.45) is 0 Å². The van der Waals surface area contributed by atoms with E-state index in [1.54, 1.807) is 11.3 Å². The molecule has 0 saturated heterocycles. The maximum atomic E-state index is 4.83. The van der Waals surface area contributed by atoms with E-state index in [1.807, 2.05) is 0 Å². The number of aromatic nitrogens is 1. The van der Waals surface area contributed by atoms with Gasteiger partial charge in [-0.2, -0.15) is 0 Å². The van der Waals surface area contributed by atoms with Crippen LogP contribution in [0, 0.1) is 13.8 Å². The number of benzene rings is 1. The van der Waals surface area contributed by atoms with Crippen molar-refractivity contribution in [3.05, 3.63) is 51.0 Å². The monoisotopic (exact) mass is 288 g/mol. The quantitative estimate of drug-likeness (QED) is 0.871. The Morgan fingerprint density at radius 3 is 2.60 bits per heavy atom. The summed E-state index contributed by atoms with van der Waals surface area (Å²) in [4.78, 5) is 4.83. The van der Waals surface area contributed by atoms with Gasteiger partial charge in [0.1, 0.15) is 5.01 Å². The lowest BCUT2D eigenvalue weighted by atomic mass is 9.97. The molecule has 2 aromatic rings. The molecule has 2 nitrogen and oxygen atoms in total. The van der Waals surface area contributed by atoms with Crippen molar-refractivity contribution in [2.75, 3.05) is 6.54 Å². The van der Waals surface area contributed by atoms with Crippen LogP contribution in [-0.4, -0.2) is 11.5 Å². The van der Waals surface area contributed by atoms with Crippen LogP contribution in [0.3, 0.4) is 0 Å². The smallest absolute Gasteiger partial charge is 0.114 e. The fourth-order valence-electron chi connectivity index (χ4n) is 2.32. The Morgan fingerprint density at radius 2 is 2.00 bits per heavy atom. The lowest BCUT2D eigenvalue weighted by molar-refractivity contribution is 0.620. The summed E-state index contributed by atoms with van der Waals surface area (Å²) in [6.07, 6.45) is 0. The van der Waals surface area contributed by atoms with E-state index in [-0.39, 0.29) is 6.04 Å². The molecule has 2 rings (SSSR count). The number of hydrogen-bond donors (Lipinski definition) is 1. The summed E-state index contributed by atoms with van der Waals surface area (Å²) in [5.74, 6) is 0.487. The predicted octanol–water partition coefficient (Wildman–Crippen LogP) is 4.58. The molecule has 0 fully saturated rings. The van der Waals surface area contributed by atoms with E-state index in [9.17, 15) is 0 Å². The summed E-state index contributed by atoms with van der Waals surface area (Å²) < 4.78 is 0. The van der Waals surface area contributed by atoms with Crippen LogP contribution in [0.15, 0.2) is 23.6 Å². The van der Waals surface area contributed by atoms with Gasteiger partial charge in [-0.05, 0) is 43.0 Å². The molecule has 0 saturated carbocycles. The van der Waals surface area contributed by atoms with Gasteiger partial charge in [0.2, 0.25) is 0 Å². The first kappa shape index (κ1) is 15.2. The van der Waals surface area contributed by atoms with Gasteiger partial charge < -0.3 is 5.32 Å². The van der Waals surface area contributed by atoms with Crippen LogP contribution in [0.5, 0.6) is 0 Å². The van der Waals surface area contributed by atoms with E-state index >= 15 is 0 Å². The molecule has 1 aromatic carbocycles. The third-order valence-electron chi connectivity index (χ3n) is 3.74. The van der Waals surface area contributed by atoms with Crippen LogP contribution in [0.2, 0.25) is 0 Å². The molecule has 108 valence electrons. The van der Waals surface area contributed by atoms with E-state index in [0.717, 1.165) is 6.54 Å². The van der Waals surface area contributed by atoms with Crippen molar-refractivity contribution < 1.29 is 0 Å².